The van der Waals surface area contributed by atoms with Crippen molar-refractivity contribution in [2.45, 2.75) is 38.3 Å². The van der Waals surface area contributed by atoms with Gasteiger partial charge in [-0.15, -0.1) is 34.8 Å². The lowest BCUT2D eigenvalue weighted by molar-refractivity contribution is 0.366. The van der Waals surface area contributed by atoms with Crippen LogP contribution in [-0.4, -0.2) is 37.9 Å². The Hall–Kier alpha value is 1.35. The molecule has 6 atom stereocenters. The maximum atomic E-state index is 11.8. The van der Waals surface area contributed by atoms with Crippen molar-refractivity contribution in [1.29, 1.82) is 0 Å². The van der Waals surface area contributed by atoms with Crippen molar-refractivity contribution in [2.75, 3.05) is 0 Å². The fourth-order valence-electron chi connectivity index (χ4n) is 3.29. The standard InChI is InChI=1S/C10H5Cl7.C3H7FO3S/c11-4-2-1-3-5(4)9(15)7(13)6(12)8(3,14)10(9,16)17;1-2-3(4)8(5,6)7/h1-5H;3H,2H2,1H3,(H,5,6,7). The van der Waals surface area contributed by atoms with Gasteiger partial charge < -0.3 is 0 Å². The molecule has 0 aromatic heterocycles. The molecule has 0 heterocycles. The van der Waals surface area contributed by atoms with Crippen LogP contribution in [0.15, 0.2) is 22.2 Å². The van der Waals surface area contributed by atoms with Crippen LogP contribution in [0.4, 0.5) is 4.39 Å². The van der Waals surface area contributed by atoms with E-state index in [0.717, 1.165) is 0 Å². The molecule has 3 aliphatic carbocycles. The first-order valence-electron chi connectivity index (χ1n) is 6.93. The van der Waals surface area contributed by atoms with E-state index in [1.54, 1.807) is 0 Å². The molecule has 0 spiro atoms. The zero-order valence-electron chi connectivity index (χ0n) is 12.4. The van der Waals surface area contributed by atoms with Crippen molar-refractivity contribution >= 4 is 91.3 Å². The van der Waals surface area contributed by atoms with E-state index in [2.05, 4.69) is 0 Å². The molecule has 0 saturated heterocycles. The summed E-state index contributed by atoms with van der Waals surface area (Å²) < 4.78 is 37.7. The first kappa shape index (κ1) is 22.6. The fourth-order valence-corrected chi connectivity index (χ4v) is 7.23. The van der Waals surface area contributed by atoms with Crippen LogP contribution in [-0.2, 0) is 10.1 Å². The van der Waals surface area contributed by atoms with E-state index >= 15 is 0 Å². The Morgan fingerprint density at radius 1 is 1.16 bits per heavy atom. The van der Waals surface area contributed by atoms with Gasteiger partial charge in [0.25, 0.3) is 10.1 Å². The molecule has 0 aromatic carbocycles. The molecule has 1 N–H and O–H groups in total. The van der Waals surface area contributed by atoms with E-state index in [1.165, 1.54) is 6.92 Å². The predicted molar refractivity (Wildman–Crippen MR) is 103 cm³/mol. The summed E-state index contributed by atoms with van der Waals surface area (Å²) >= 11 is 44.5. The Bertz CT molecular complexity index is 740. The van der Waals surface area contributed by atoms with Gasteiger partial charge in [0.15, 0.2) is 4.33 Å². The second-order valence-corrected chi connectivity index (χ2v) is 11.2. The molecule has 0 aromatic rings. The summed E-state index contributed by atoms with van der Waals surface area (Å²) in [6.45, 7) is 1.33. The second-order valence-electron chi connectivity index (χ2n) is 5.84. The summed E-state index contributed by atoms with van der Waals surface area (Å²) in [5.41, 5.74) is -2.12. The minimum Gasteiger partial charge on any atom is -0.283 e. The topological polar surface area (TPSA) is 54.4 Å². The first-order valence-corrected chi connectivity index (χ1v) is 11.1. The van der Waals surface area contributed by atoms with Gasteiger partial charge in [-0.2, -0.15) is 8.42 Å². The van der Waals surface area contributed by atoms with Gasteiger partial charge in [0.05, 0.1) is 15.4 Å². The molecule has 12 heteroatoms. The zero-order chi connectivity index (χ0) is 19.6. The third kappa shape index (κ3) is 2.96. The van der Waals surface area contributed by atoms with Crippen LogP contribution < -0.4 is 0 Å². The summed E-state index contributed by atoms with van der Waals surface area (Å²) in [7, 11) is -4.42. The van der Waals surface area contributed by atoms with Crippen LogP contribution >= 0.6 is 81.2 Å². The molecular formula is C13H12Cl7FO3S. The van der Waals surface area contributed by atoms with Crippen molar-refractivity contribution < 1.29 is 17.4 Å². The molecule has 3 rings (SSSR count). The number of hydrogen-bond donors (Lipinski definition) is 1. The predicted octanol–water partition coefficient (Wildman–Crippen LogP) is 5.82. The molecule has 0 radical (unpaired) electrons. The van der Waals surface area contributed by atoms with Gasteiger partial charge in [-0.25, -0.2) is 4.39 Å². The minimum atomic E-state index is -4.42. The highest BCUT2D eigenvalue weighted by molar-refractivity contribution is 7.86. The van der Waals surface area contributed by atoms with Crippen molar-refractivity contribution in [3.05, 3.63) is 22.2 Å². The Morgan fingerprint density at radius 3 is 2.04 bits per heavy atom. The molecule has 3 aliphatic rings. The Morgan fingerprint density at radius 2 is 1.64 bits per heavy atom. The molecule has 0 amide bonds. The molecule has 2 bridgehead atoms. The SMILES string of the molecule is CCC(F)S(=O)(=O)O.ClC1=C(Cl)C2(Cl)C3C(Cl)C=CC3C1(Cl)C2(Cl)Cl. The lowest BCUT2D eigenvalue weighted by Gasteiger charge is -2.34. The van der Waals surface area contributed by atoms with Crippen molar-refractivity contribution in [3.63, 3.8) is 0 Å². The molecule has 6 unspecified atom stereocenters. The molecule has 1 fully saturated rings. The van der Waals surface area contributed by atoms with Crippen LogP contribution in [0.5, 0.6) is 0 Å². The van der Waals surface area contributed by atoms with E-state index in [1.807, 2.05) is 12.2 Å². The Labute approximate surface area is 180 Å². The van der Waals surface area contributed by atoms with Gasteiger partial charge in [0, 0.05) is 11.8 Å². The number of halogens is 8. The molecule has 3 nitrogen and oxygen atoms in total. The highest BCUT2D eigenvalue weighted by Gasteiger charge is 2.83. The van der Waals surface area contributed by atoms with E-state index in [4.69, 9.17) is 85.8 Å². The molecule has 144 valence electrons. The summed E-state index contributed by atoms with van der Waals surface area (Å²) in [5.74, 6) is -0.470. The van der Waals surface area contributed by atoms with Gasteiger partial charge in [-0.1, -0.05) is 65.5 Å². The summed E-state index contributed by atoms with van der Waals surface area (Å²) in [4.78, 5) is -2.45. The Kier molecular flexibility index (Phi) is 6.34. The lowest BCUT2D eigenvalue weighted by Crippen LogP contribution is -2.45. The van der Waals surface area contributed by atoms with E-state index in [0.29, 0.717) is 0 Å². The van der Waals surface area contributed by atoms with Gasteiger partial charge >= 0.3 is 0 Å². The number of rotatable bonds is 2. The molecule has 0 aliphatic heterocycles. The van der Waals surface area contributed by atoms with E-state index < -0.39 is 29.7 Å². The maximum absolute atomic E-state index is 11.8. The van der Waals surface area contributed by atoms with E-state index in [9.17, 15) is 12.8 Å². The number of allylic oxidation sites excluding steroid dienone is 4. The van der Waals surface area contributed by atoms with Crippen molar-refractivity contribution in [3.8, 4) is 0 Å². The Balaban J connectivity index is 0.000000242. The smallest absolute Gasteiger partial charge is 0.283 e. The maximum Gasteiger partial charge on any atom is 0.297 e. The fraction of sp³-hybridized carbons (Fsp3) is 0.692. The number of hydrogen-bond acceptors (Lipinski definition) is 2. The monoisotopic (exact) mass is 512 g/mol. The summed E-state index contributed by atoms with van der Waals surface area (Å²) in [6, 6.07) is 0. The third-order valence-corrected chi connectivity index (χ3v) is 10.2. The van der Waals surface area contributed by atoms with Gasteiger partial charge in [0.2, 0.25) is 5.50 Å². The highest BCUT2D eigenvalue weighted by Crippen LogP contribution is 2.78. The van der Waals surface area contributed by atoms with Gasteiger partial charge in [-0.3, -0.25) is 4.55 Å². The van der Waals surface area contributed by atoms with E-state index in [-0.39, 0.29) is 33.7 Å². The number of fused-ring (bicyclic) bond motifs is 5. The third-order valence-electron chi connectivity index (χ3n) is 4.54. The zero-order valence-corrected chi connectivity index (χ0v) is 18.5. The van der Waals surface area contributed by atoms with Crippen LogP contribution in [0.2, 0.25) is 0 Å². The highest BCUT2D eigenvalue weighted by atomic mass is 35.5. The molecule has 25 heavy (non-hydrogen) atoms. The number of alkyl halides is 6. The van der Waals surface area contributed by atoms with Crippen LogP contribution in [0.25, 0.3) is 0 Å². The largest absolute Gasteiger partial charge is 0.297 e. The normalized spacial score (nSPS) is 42.2. The van der Waals surface area contributed by atoms with Crippen molar-refractivity contribution in [1.82, 2.24) is 0 Å². The van der Waals surface area contributed by atoms with Crippen molar-refractivity contribution in [2.24, 2.45) is 11.8 Å². The van der Waals surface area contributed by atoms with Crippen LogP contribution in [0.3, 0.4) is 0 Å². The van der Waals surface area contributed by atoms with Gasteiger partial charge in [-0.05, 0) is 6.42 Å². The molecular weight excluding hydrogens is 503 g/mol. The summed E-state index contributed by atoms with van der Waals surface area (Å²) in [6.07, 6.45) is 3.48. The molecule has 1 saturated carbocycles. The quantitative estimate of drug-likeness (QED) is 0.287. The first-order chi connectivity index (χ1) is 11.2. The van der Waals surface area contributed by atoms with Gasteiger partial charge in [0.1, 0.15) is 9.75 Å². The van der Waals surface area contributed by atoms with Crippen LogP contribution in [0.1, 0.15) is 13.3 Å². The van der Waals surface area contributed by atoms with Crippen LogP contribution in [0, 0.1) is 11.8 Å². The lowest BCUT2D eigenvalue weighted by atomic mass is 9.84. The minimum absolute atomic E-state index is 0.205. The second kappa shape index (κ2) is 7.00. The summed E-state index contributed by atoms with van der Waals surface area (Å²) in [5, 5.41) is 0.113. The average molecular weight is 515 g/mol. The average Bonchev–Trinajstić information content (AvgIpc) is 2.99.